The van der Waals surface area contributed by atoms with Crippen molar-refractivity contribution in [2.45, 2.75) is 74.7 Å². The number of rotatable bonds is 5. The summed E-state index contributed by atoms with van der Waals surface area (Å²) in [7, 11) is 0. The van der Waals surface area contributed by atoms with Gasteiger partial charge in [0.15, 0.2) is 0 Å². The second-order valence-corrected chi connectivity index (χ2v) is 6.39. The summed E-state index contributed by atoms with van der Waals surface area (Å²) in [5, 5.41) is 0. The van der Waals surface area contributed by atoms with E-state index in [1.807, 2.05) is 0 Å². The molecule has 0 unspecified atom stereocenters. The third-order valence-electron chi connectivity index (χ3n) is 2.26. The maximum atomic E-state index is 2.28. The molecule has 0 rings (SSSR count). The Bertz CT molecular complexity index is 95.2. The summed E-state index contributed by atoms with van der Waals surface area (Å²) in [6.45, 7) is 18.2. The Kier molecular flexibility index (Phi) is 12.2. The first-order chi connectivity index (χ1) is 6.75. The van der Waals surface area contributed by atoms with E-state index < -0.39 is 0 Å². The van der Waals surface area contributed by atoms with E-state index >= 15 is 0 Å². The van der Waals surface area contributed by atoms with Crippen molar-refractivity contribution in [1.82, 2.24) is 0 Å². The van der Waals surface area contributed by atoms with Crippen LogP contribution < -0.4 is 0 Å². The van der Waals surface area contributed by atoms with Crippen LogP contribution in [-0.4, -0.2) is 0 Å². The van der Waals surface area contributed by atoms with Crippen LogP contribution in [0, 0.1) is 23.7 Å². The highest BCUT2D eigenvalue weighted by Crippen LogP contribution is 2.09. The molecule has 0 aromatic rings. The largest absolute Gasteiger partial charge is 0.0628 e. The molecule has 0 aliphatic heterocycles. The topological polar surface area (TPSA) is 0 Å². The van der Waals surface area contributed by atoms with Gasteiger partial charge in [0.2, 0.25) is 0 Å². The maximum Gasteiger partial charge on any atom is -0.0469 e. The van der Waals surface area contributed by atoms with Crippen molar-refractivity contribution in [3.63, 3.8) is 0 Å². The van der Waals surface area contributed by atoms with Crippen LogP contribution >= 0.6 is 0 Å². The molecule has 0 aromatic carbocycles. The molecule has 0 amide bonds. The fraction of sp³-hybridized carbons (Fsp3) is 1.00. The van der Waals surface area contributed by atoms with E-state index in [0.29, 0.717) is 0 Å². The SMILES string of the molecule is CC(C)CC(C)C.CC(C)CCC(C)C. The Morgan fingerprint density at radius 1 is 0.467 bits per heavy atom. The summed E-state index contributed by atoms with van der Waals surface area (Å²) < 4.78 is 0. The lowest BCUT2D eigenvalue weighted by Gasteiger charge is -2.05. The highest BCUT2D eigenvalue weighted by atomic mass is 14.0. The highest BCUT2D eigenvalue weighted by molar-refractivity contribution is 4.48. The van der Waals surface area contributed by atoms with Gasteiger partial charge < -0.3 is 0 Å². The summed E-state index contributed by atoms with van der Waals surface area (Å²) in [6, 6.07) is 0. The zero-order chi connectivity index (χ0) is 12.4. The molecule has 0 nitrogen and oxygen atoms in total. The Hall–Kier alpha value is 0. The molecule has 0 N–H and O–H groups in total. The first-order valence-corrected chi connectivity index (χ1v) is 6.75. The molecule has 0 atom stereocenters. The molecule has 0 saturated carbocycles. The van der Waals surface area contributed by atoms with Crippen molar-refractivity contribution in [2.24, 2.45) is 23.7 Å². The molecular weight excluding hydrogens is 180 g/mol. The van der Waals surface area contributed by atoms with Gasteiger partial charge in [0.05, 0.1) is 0 Å². The van der Waals surface area contributed by atoms with Crippen LogP contribution in [0.1, 0.15) is 74.7 Å². The summed E-state index contributed by atoms with van der Waals surface area (Å²) in [6.07, 6.45) is 4.13. The molecule has 0 aliphatic carbocycles. The van der Waals surface area contributed by atoms with Gasteiger partial charge in [0.1, 0.15) is 0 Å². The van der Waals surface area contributed by atoms with E-state index in [0.717, 1.165) is 23.7 Å². The molecule has 0 heterocycles. The van der Waals surface area contributed by atoms with Gasteiger partial charge in [-0.3, -0.25) is 0 Å². The Balaban J connectivity index is 0. The lowest BCUT2D eigenvalue weighted by molar-refractivity contribution is 0.469. The Labute approximate surface area is 98.9 Å². The number of hydrogen-bond donors (Lipinski definition) is 0. The van der Waals surface area contributed by atoms with Crippen LogP contribution in [0.3, 0.4) is 0 Å². The zero-order valence-electron chi connectivity index (χ0n) is 12.4. The van der Waals surface area contributed by atoms with Crippen molar-refractivity contribution < 1.29 is 0 Å². The van der Waals surface area contributed by atoms with Crippen LogP contribution in [0.4, 0.5) is 0 Å². The van der Waals surface area contributed by atoms with Crippen molar-refractivity contribution >= 4 is 0 Å². The average molecular weight is 214 g/mol. The van der Waals surface area contributed by atoms with E-state index in [1.54, 1.807) is 0 Å². The van der Waals surface area contributed by atoms with E-state index in [9.17, 15) is 0 Å². The molecule has 0 heteroatoms. The minimum atomic E-state index is 0.875. The smallest absolute Gasteiger partial charge is 0.0469 e. The van der Waals surface area contributed by atoms with Crippen molar-refractivity contribution in [2.75, 3.05) is 0 Å². The molecule has 0 aromatic heterocycles. The normalized spacial score (nSPS) is 11.2. The molecule has 0 fully saturated rings. The summed E-state index contributed by atoms with van der Waals surface area (Å²) >= 11 is 0. The highest BCUT2D eigenvalue weighted by Gasteiger charge is 1.96. The van der Waals surface area contributed by atoms with Crippen LogP contribution in [0.15, 0.2) is 0 Å². The maximum absolute atomic E-state index is 2.28. The fourth-order valence-electron chi connectivity index (χ4n) is 1.61. The summed E-state index contributed by atoms with van der Waals surface area (Å²) in [5.41, 5.74) is 0. The fourth-order valence-corrected chi connectivity index (χ4v) is 1.61. The van der Waals surface area contributed by atoms with Crippen LogP contribution in [0.25, 0.3) is 0 Å². The second kappa shape index (κ2) is 10.5. The first kappa shape index (κ1) is 17.4. The molecule has 0 bridgehead atoms. The molecule has 0 spiro atoms. The standard InChI is InChI=1S/C8H18.C7H16/c1-7(2)5-6-8(3)4;1-6(2)5-7(3)4/h7-8H,5-6H2,1-4H3;6-7H,5H2,1-4H3. The molecule has 0 radical (unpaired) electrons. The lowest BCUT2D eigenvalue weighted by atomic mass is 10.0. The molecule has 15 heavy (non-hydrogen) atoms. The minimum Gasteiger partial charge on any atom is -0.0628 e. The Morgan fingerprint density at radius 2 is 0.733 bits per heavy atom. The van der Waals surface area contributed by atoms with E-state index in [1.165, 1.54) is 19.3 Å². The summed E-state index contributed by atoms with van der Waals surface area (Å²) in [5.74, 6) is 3.52. The van der Waals surface area contributed by atoms with Crippen molar-refractivity contribution in [1.29, 1.82) is 0 Å². The van der Waals surface area contributed by atoms with Gasteiger partial charge in [-0.05, 0) is 30.1 Å². The first-order valence-electron chi connectivity index (χ1n) is 6.75. The zero-order valence-corrected chi connectivity index (χ0v) is 12.4. The number of hydrogen-bond acceptors (Lipinski definition) is 0. The minimum absolute atomic E-state index is 0.875. The van der Waals surface area contributed by atoms with Gasteiger partial charge in [-0.25, -0.2) is 0 Å². The summed E-state index contributed by atoms with van der Waals surface area (Å²) in [4.78, 5) is 0. The molecule has 0 saturated heterocycles. The Morgan fingerprint density at radius 3 is 0.800 bits per heavy atom. The van der Waals surface area contributed by atoms with Gasteiger partial charge in [-0.1, -0.05) is 68.2 Å². The second-order valence-electron chi connectivity index (χ2n) is 6.39. The van der Waals surface area contributed by atoms with Gasteiger partial charge in [0, 0.05) is 0 Å². The van der Waals surface area contributed by atoms with Crippen LogP contribution in [0.5, 0.6) is 0 Å². The van der Waals surface area contributed by atoms with E-state index in [2.05, 4.69) is 55.4 Å². The predicted octanol–water partition coefficient (Wildman–Crippen LogP) is 5.77. The molecule has 94 valence electrons. The third-order valence-corrected chi connectivity index (χ3v) is 2.26. The van der Waals surface area contributed by atoms with Gasteiger partial charge in [0.25, 0.3) is 0 Å². The quantitative estimate of drug-likeness (QED) is 0.545. The van der Waals surface area contributed by atoms with E-state index in [-0.39, 0.29) is 0 Å². The lowest BCUT2D eigenvalue weighted by Crippen LogP contribution is -1.93. The van der Waals surface area contributed by atoms with Crippen molar-refractivity contribution in [3.8, 4) is 0 Å². The van der Waals surface area contributed by atoms with Crippen molar-refractivity contribution in [3.05, 3.63) is 0 Å². The molecule has 0 aliphatic rings. The third kappa shape index (κ3) is 24.9. The average Bonchev–Trinajstić information content (AvgIpc) is 1.99. The van der Waals surface area contributed by atoms with Gasteiger partial charge in [-0.2, -0.15) is 0 Å². The van der Waals surface area contributed by atoms with E-state index in [4.69, 9.17) is 0 Å². The van der Waals surface area contributed by atoms with Gasteiger partial charge >= 0.3 is 0 Å². The van der Waals surface area contributed by atoms with Crippen LogP contribution in [0.2, 0.25) is 0 Å². The monoisotopic (exact) mass is 214 g/mol. The predicted molar refractivity (Wildman–Crippen MR) is 73.2 cm³/mol. The van der Waals surface area contributed by atoms with Crippen LogP contribution in [-0.2, 0) is 0 Å². The molecular formula is C15H34. The van der Waals surface area contributed by atoms with Gasteiger partial charge in [-0.15, -0.1) is 0 Å².